The number of carbonyl (C=O) groups is 1. The van der Waals surface area contributed by atoms with Crippen LogP contribution in [0.25, 0.3) is 0 Å². The molecule has 0 aliphatic carbocycles. The quantitative estimate of drug-likeness (QED) is 0.638. The van der Waals surface area contributed by atoms with Crippen LogP contribution in [0.4, 0.5) is 5.82 Å². The number of nitrogens with zero attached hydrogens (tertiary/aromatic N) is 3. The molecule has 0 saturated carbocycles. The van der Waals surface area contributed by atoms with Crippen molar-refractivity contribution < 1.29 is 4.79 Å². The van der Waals surface area contributed by atoms with Crippen LogP contribution in [-0.4, -0.2) is 21.9 Å². The van der Waals surface area contributed by atoms with Crippen LogP contribution in [0.2, 0.25) is 0 Å². The van der Waals surface area contributed by atoms with Crippen LogP contribution in [0.15, 0.2) is 11.2 Å². The number of aliphatic imine (C=N–C) groups is 1. The predicted octanol–water partition coefficient (Wildman–Crippen LogP) is 0.0880. The predicted molar refractivity (Wildman–Crippen MR) is 43.5 cm³/mol. The Morgan fingerprint density at radius 3 is 3.25 bits per heavy atom. The van der Waals surface area contributed by atoms with Gasteiger partial charge < -0.3 is 5.73 Å². The largest absolute Gasteiger partial charge is 0.365 e. The van der Waals surface area contributed by atoms with Gasteiger partial charge in [0.1, 0.15) is 5.56 Å². The molecule has 2 heterocycles. The van der Waals surface area contributed by atoms with Crippen molar-refractivity contribution in [1.82, 2.24) is 9.78 Å². The lowest BCUT2D eigenvalue weighted by molar-refractivity contribution is 0.100. The van der Waals surface area contributed by atoms with Crippen molar-refractivity contribution in [1.29, 1.82) is 0 Å². The Bertz CT molecular complexity index is 352. The molecule has 0 fully saturated rings. The zero-order valence-electron chi connectivity index (χ0n) is 6.40. The van der Waals surface area contributed by atoms with Crippen molar-refractivity contribution in [2.24, 2.45) is 10.7 Å². The highest BCUT2D eigenvalue weighted by atomic mass is 16.1. The molecule has 5 heteroatoms. The normalized spacial score (nSPS) is 14.3. The third kappa shape index (κ3) is 0.903. The highest BCUT2D eigenvalue weighted by Gasteiger charge is 2.15. The van der Waals surface area contributed by atoms with Gasteiger partial charge in [0.2, 0.25) is 0 Å². The monoisotopic (exact) mass is 164 g/mol. The Balaban J connectivity index is 2.54. The molecule has 0 radical (unpaired) electrons. The first-order valence-corrected chi connectivity index (χ1v) is 3.67. The summed E-state index contributed by atoms with van der Waals surface area (Å²) in [5.41, 5.74) is 5.51. The zero-order valence-corrected chi connectivity index (χ0v) is 6.40. The van der Waals surface area contributed by atoms with E-state index in [-0.39, 0.29) is 0 Å². The van der Waals surface area contributed by atoms with Crippen molar-refractivity contribution in [3.8, 4) is 0 Å². The first kappa shape index (κ1) is 7.02. The number of hydrogen-bond acceptors (Lipinski definition) is 3. The Labute approximate surface area is 68.9 Å². The first-order chi connectivity index (χ1) is 5.79. The molecule has 0 aromatic carbocycles. The average Bonchev–Trinajstić information content (AvgIpc) is 2.47. The minimum Gasteiger partial charge on any atom is -0.365 e. The number of primary amides is 1. The van der Waals surface area contributed by atoms with E-state index in [0.29, 0.717) is 11.4 Å². The first-order valence-electron chi connectivity index (χ1n) is 3.67. The zero-order chi connectivity index (χ0) is 8.55. The van der Waals surface area contributed by atoms with E-state index in [1.807, 2.05) is 0 Å². The van der Waals surface area contributed by atoms with Gasteiger partial charge in [0, 0.05) is 19.2 Å². The van der Waals surface area contributed by atoms with E-state index >= 15 is 0 Å². The van der Waals surface area contributed by atoms with Crippen molar-refractivity contribution in [3.63, 3.8) is 0 Å². The number of hydrogen-bond donors (Lipinski definition) is 1. The Kier molecular flexibility index (Phi) is 1.43. The molecule has 0 saturated heterocycles. The molecule has 0 atom stereocenters. The summed E-state index contributed by atoms with van der Waals surface area (Å²) in [4.78, 5) is 14.9. The molecule has 12 heavy (non-hydrogen) atoms. The van der Waals surface area contributed by atoms with Gasteiger partial charge in [0.15, 0.2) is 5.82 Å². The van der Waals surface area contributed by atoms with Crippen LogP contribution in [0.3, 0.4) is 0 Å². The maximum atomic E-state index is 10.8. The number of fused-ring (bicyclic) bond motifs is 1. The summed E-state index contributed by atoms with van der Waals surface area (Å²) in [5, 5.41) is 3.98. The number of carbonyl (C=O) groups excluding carboxylic acids is 1. The Morgan fingerprint density at radius 2 is 2.50 bits per heavy atom. The molecule has 1 aromatic heterocycles. The summed E-state index contributed by atoms with van der Waals surface area (Å²) < 4.78 is 1.68. The summed E-state index contributed by atoms with van der Waals surface area (Å²) >= 11 is 0. The highest BCUT2D eigenvalue weighted by molar-refractivity contribution is 5.97. The van der Waals surface area contributed by atoms with Gasteiger partial charge in [-0.25, -0.2) is 9.67 Å². The van der Waals surface area contributed by atoms with E-state index in [9.17, 15) is 4.79 Å². The number of nitrogens with two attached hydrogens (primary N) is 1. The lowest BCUT2D eigenvalue weighted by atomic mass is 10.3. The van der Waals surface area contributed by atoms with Crippen LogP contribution in [0.1, 0.15) is 16.8 Å². The summed E-state index contributed by atoms with van der Waals surface area (Å²) in [5.74, 6) is 0.101. The van der Waals surface area contributed by atoms with Crippen LogP contribution in [0, 0.1) is 0 Å². The van der Waals surface area contributed by atoms with E-state index in [2.05, 4.69) is 10.1 Å². The van der Waals surface area contributed by atoms with E-state index in [4.69, 9.17) is 5.73 Å². The Morgan fingerprint density at radius 1 is 1.67 bits per heavy atom. The fraction of sp³-hybridized carbons (Fsp3) is 0.286. The molecular weight excluding hydrogens is 156 g/mol. The summed E-state index contributed by atoms with van der Waals surface area (Å²) in [6.45, 7) is 0.770. The van der Waals surface area contributed by atoms with E-state index in [0.717, 1.165) is 13.0 Å². The summed E-state index contributed by atoms with van der Waals surface area (Å²) in [6.07, 6.45) is 4.08. The van der Waals surface area contributed by atoms with Gasteiger partial charge in [-0.05, 0) is 0 Å². The number of amides is 1. The van der Waals surface area contributed by atoms with Gasteiger partial charge in [0.25, 0.3) is 5.91 Å². The van der Waals surface area contributed by atoms with Crippen LogP contribution < -0.4 is 5.73 Å². The molecule has 1 aliphatic rings. The molecule has 0 unspecified atom stereocenters. The highest BCUT2D eigenvalue weighted by Crippen LogP contribution is 2.20. The topological polar surface area (TPSA) is 73.3 Å². The fourth-order valence-electron chi connectivity index (χ4n) is 1.18. The van der Waals surface area contributed by atoms with Crippen LogP contribution in [0.5, 0.6) is 0 Å². The number of aryl methyl sites for hydroxylation is 1. The van der Waals surface area contributed by atoms with E-state index in [1.54, 1.807) is 10.9 Å². The minimum absolute atomic E-state index is 0.394. The molecular formula is C7H8N4O. The maximum absolute atomic E-state index is 10.8. The molecule has 2 rings (SSSR count). The number of rotatable bonds is 1. The second kappa shape index (κ2) is 2.44. The second-order valence-corrected chi connectivity index (χ2v) is 2.57. The standard InChI is InChI=1S/C7H8N4O/c8-6(12)5-4-10-11-3-1-2-9-7(5)11/h2,4H,1,3H2,(H2,8,12). The molecule has 1 amide bonds. The average molecular weight is 164 g/mol. The van der Waals surface area contributed by atoms with Gasteiger partial charge in [0.05, 0.1) is 6.20 Å². The molecule has 1 aliphatic heterocycles. The van der Waals surface area contributed by atoms with Crippen molar-refractivity contribution in [2.45, 2.75) is 13.0 Å². The van der Waals surface area contributed by atoms with E-state index in [1.165, 1.54) is 6.20 Å². The summed E-state index contributed by atoms with van der Waals surface area (Å²) in [6, 6.07) is 0. The summed E-state index contributed by atoms with van der Waals surface area (Å²) in [7, 11) is 0. The SMILES string of the molecule is NC(=O)c1cnn2c1N=CCC2. The Hall–Kier alpha value is -1.65. The fourth-order valence-corrected chi connectivity index (χ4v) is 1.18. The van der Waals surface area contributed by atoms with E-state index < -0.39 is 5.91 Å². The number of aromatic nitrogens is 2. The molecule has 0 spiro atoms. The van der Waals surface area contributed by atoms with Gasteiger partial charge in [-0.15, -0.1) is 0 Å². The minimum atomic E-state index is -0.477. The maximum Gasteiger partial charge on any atom is 0.254 e. The third-order valence-corrected chi connectivity index (χ3v) is 1.76. The van der Waals surface area contributed by atoms with Gasteiger partial charge >= 0.3 is 0 Å². The van der Waals surface area contributed by atoms with Crippen LogP contribution in [-0.2, 0) is 6.54 Å². The van der Waals surface area contributed by atoms with Gasteiger partial charge in [-0.2, -0.15) is 5.10 Å². The van der Waals surface area contributed by atoms with Gasteiger partial charge in [-0.1, -0.05) is 0 Å². The van der Waals surface area contributed by atoms with Crippen molar-refractivity contribution in [3.05, 3.63) is 11.8 Å². The lowest BCUT2D eigenvalue weighted by Gasteiger charge is -2.06. The van der Waals surface area contributed by atoms with Crippen LogP contribution >= 0.6 is 0 Å². The molecule has 5 nitrogen and oxygen atoms in total. The third-order valence-electron chi connectivity index (χ3n) is 1.76. The van der Waals surface area contributed by atoms with Crippen molar-refractivity contribution in [2.75, 3.05) is 0 Å². The second-order valence-electron chi connectivity index (χ2n) is 2.57. The van der Waals surface area contributed by atoms with Crippen molar-refractivity contribution >= 4 is 17.9 Å². The molecule has 1 aromatic rings. The molecule has 62 valence electrons. The molecule has 2 N–H and O–H groups in total. The van der Waals surface area contributed by atoms with Gasteiger partial charge in [-0.3, -0.25) is 4.79 Å². The molecule has 0 bridgehead atoms. The smallest absolute Gasteiger partial charge is 0.254 e. The lowest BCUT2D eigenvalue weighted by Crippen LogP contribution is -2.11.